The third-order valence-corrected chi connectivity index (χ3v) is 5.20. The number of amides is 1. The van der Waals surface area contributed by atoms with Gasteiger partial charge in [-0.3, -0.25) is 4.79 Å². The molecule has 0 radical (unpaired) electrons. The van der Waals surface area contributed by atoms with Crippen molar-refractivity contribution in [3.63, 3.8) is 0 Å². The van der Waals surface area contributed by atoms with Gasteiger partial charge in [0.1, 0.15) is 17.3 Å². The molecule has 138 valence electrons. The van der Waals surface area contributed by atoms with Crippen molar-refractivity contribution in [2.45, 2.75) is 10.6 Å². The number of furan rings is 1. The Kier molecular flexibility index (Phi) is 5.46. The molecular weight excluding hydrogens is 371 g/mol. The first kappa shape index (κ1) is 18.5. The Hall–Kier alpha value is -3.26. The lowest BCUT2D eigenvalue weighted by Gasteiger charge is -2.02. The minimum atomic E-state index is -3.57. The van der Waals surface area contributed by atoms with Gasteiger partial charge in [-0.25, -0.2) is 18.2 Å². The number of carbonyl (C=O) groups excluding carboxylic acids is 1. The van der Waals surface area contributed by atoms with Gasteiger partial charge < -0.3 is 4.42 Å². The van der Waals surface area contributed by atoms with Gasteiger partial charge in [-0.15, -0.1) is 0 Å². The Morgan fingerprint density at radius 2 is 1.85 bits per heavy atom. The van der Waals surface area contributed by atoms with Gasteiger partial charge in [0.05, 0.1) is 11.1 Å². The Bertz CT molecular complexity index is 1080. The average molecular weight is 386 g/mol. The fourth-order valence-corrected chi connectivity index (χ4v) is 3.55. The molecule has 0 unspecified atom stereocenters. The predicted octanol–water partition coefficient (Wildman–Crippen LogP) is 3.16. The summed E-state index contributed by atoms with van der Waals surface area (Å²) in [4.78, 5) is 12.2. The first-order chi connectivity index (χ1) is 12.9. The van der Waals surface area contributed by atoms with Crippen LogP contribution in [0, 0.1) is 5.82 Å². The highest BCUT2D eigenvalue weighted by atomic mass is 32.2. The highest BCUT2D eigenvalue weighted by molar-refractivity contribution is 7.90. The Balaban J connectivity index is 1.64. The minimum absolute atomic E-state index is 0.0790. The van der Waals surface area contributed by atoms with Gasteiger partial charge in [-0.1, -0.05) is 30.3 Å². The minimum Gasteiger partial charge on any atom is -0.455 e. The average Bonchev–Trinajstić information content (AvgIpc) is 3.10. The summed E-state index contributed by atoms with van der Waals surface area (Å²) in [5.41, 5.74) is 2.72. The summed E-state index contributed by atoms with van der Waals surface area (Å²) >= 11 is 0. The largest absolute Gasteiger partial charge is 0.455 e. The second kappa shape index (κ2) is 7.96. The number of hydrogen-bond acceptors (Lipinski definition) is 5. The van der Waals surface area contributed by atoms with E-state index < -0.39 is 21.6 Å². The first-order valence-corrected chi connectivity index (χ1v) is 9.55. The highest BCUT2D eigenvalue weighted by Gasteiger charge is 2.19. The molecule has 27 heavy (non-hydrogen) atoms. The predicted molar refractivity (Wildman–Crippen MR) is 97.5 cm³/mol. The van der Waals surface area contributed by atoms with Gasteiger partial charge in [-0.05, 0) is 42.0 Å². The summed E-state index contributed by atoms with van der Waals surface area (Å²) in [6.07, 6.45) is 1.28. The third kappa shape index (κ3) is 4.89. The molecule has 8 heteroatoms. The fourth-order valence-electron chi connectivity index (χ4n) is 2.28. The maximum absolute atomic E-state index is 13.1. The maximum Gasteiger partial charge on any atom is 0.307 e. The summed E-state index contributed by atoms with van der Waals surface area (Å²) in [7, 11) is -3.57. The van der Waals surface area contributed by atoms with E-state index in [4.69, 9.17) is 4.42 Å². The van der Waals surface area contributed by atoms with E-state index in [2.05, 4.69) is 10.5 Å². The molecular formula is C19H15FN2O4S. The van der Waals surface area contributed by atoms with Gasteiger partial charge in [0, 0.05) is 0 Å². The molecule has 0 saturated heterocycles. The van der Waals surface area contributed by atoms with E-state index in [0.29, 0.717) is 5.56 Å². The molecule has 2 aromatic carbocycles. The van der Waals surface area contributed by atoms with Crippen LogP contribution in [0.4, 0.5) is 4.39 Å². The van der Waals surface area contributed by atoms with Gasteiger partial charge >= 0.3 is 5.91 Å². The van der Waals surface area contributed by atoms with Crippen LogP contribution in [0.2, 0.25) is 0 Å². The molecule has 1 amide bonds. The zero-order valence-corrected chi connectivity index (χ0v) is 14.8. The lowest BCUT2D eigenvalue weighted by Crippen LogP contribution is -2.16. The Morgan fingerprint density at radius 1 is 1.07 bits per heavy atom. The van der Waals surface area contributed by atoms with E-state index in [1.807, 2.05) is 0 Å². The van der Waals surface area contributed by atoms with Crippen molar-refractivity contribution in [1.29, 1.82) is 0 Å². The molecule has 1 aromatic heterocycles. The monoisotopic (exact) mass is 386 g/mol. The van der Waals surface area contributed by atoms with Crippen LogP contribution in [-0.2, 0) is 15.6 Å². The Labute approximate surface area is 155 Å². The van der Waals surface area contributed by atoms with Crippen LogP contribution >= 0.6 is 0 Å². The number of benzene rings is 2. The number of carbonyl (C=O) groups is 1. The van der Waals surface area contributed by atoms with Crippen molar-refractivity contribution in [2.24, 2.45) is 5.10 Å². The lowest BCUT2D eigenvalue weighted by atomic mass is 10.2. The summed E-state index contributed by atoms with van der Waals surface area (Å²) < 4.78 is 43.0. The lowest BCUT2D eigenvalue weighted by molar-refractivity contribution is 0.0926. The van der Waals surface area contributed by atoms with Crippen molar-refractivity contribution in [3.05, 3.63) is 89.6 Å². The zero-order valence-electron chi connectivity index (χ0n) is 14.0. The summed E-state index contributed by atoms with van der Waals surface area (Å²) in [5.74, 6) is -1.37. The number of sulfone groups is 1. The number of nitrogens with one attached hydrogen (secondary N) is 1. The summed E-state index contributed by atoms with van der Waals surface area (Å²) in [6, 6.07) is 16.4. The number of halogens is 1. The molecule has 3 aromatic rings. The number of hydrogen-bond donors (Lipinski definition) is 1. The van der Waals surface area contributed by atoms with Crippen molar-refractivity contribution in [3.8, 4) is 0 Å². The molecule has 3 rings (SSSR count). The molecule has 0 spiro atoms. The molecule has 6 nitrogen and oxygen atoms in total. The van der Waals surface area contributed by atoms with E-state index in [1.165, 1.54) is 48.7 Å². The molecule has 0 aliphatic heterocycles. The molecule has 0 atom stereocenters. The molecule has 0 aliphatic rings. The molecule has 0 aliphatic carbocycles. The van der Waals surface area contributed by atoms with Crippen LogP contribution in [0.25, 0.3) is 0 Å². The van der Waals surface area contributed by atoms with Crippen molar-refractivity contribution in [1.82, 2.24) is 5.43 Å². The normalized spacial score (nSPS) is 11.6. The van der Waals surface area contributed by atoms with Crippen molar-refractivity contribution >= 4 is 22.0 Å². The standard InChI is InChI=1S/C19H15FN2O4S/c20-15-6-4-5-14(11-15)12-21-22-19(23)18-10-9-16(26-18)13-27(24,25)17-7-2-1-3-8-17/h1-12H,13H2,(H,22,23)/b21-12-. The van der Waals surface area contributed by atoms with E-state index in [-0.39, 0.29) is 22.2 Å². The van der Waals surface area contributed by atoms with Crippen molar-refractivity contribution in [2.75, 3.05) is 0 Å². The third-order valence-electron chi connectivity index (χ3n) is 3.55. The van der Waals surface area contributed by atoms with E-state index in [9.17, 15) is 17.6 Å². The molecule has 0 fully saturated rings. The van der Waals surface area contributed by atoms with Crippen molar-refractivity contribution < 1.29 is 22.0 Å². The summed E-state index contributed by atoms with van der Waals surface area (Å²) in [6.45, 7) is 0. The molecule has 1 heterocycles. The molecule has 0 bridgehead atoms. The van der Waals surface area contributed by atoms with Crippen LogP contribution in [-0.4, -0.2) is 20.5 Å². The first-order valence-electron chi connectivity index (χ1n) is 7.89. The van der Waals surface area contributed by atoms with Gasteiger partial charge in [-0.2, -0.15) is 5.10 Å². The van der Waals surface area contributed by atoms with Gasteiger partial charge in [0.15, 0.2) is 15.6 Å². The van der Waals surface area contributed by atoms with Crippen LogP contribution < -0.4 is 5.43 Å². The fraction of sp³-hybridized carbons (Fsp3) is 0.0526. The van der Waals surface area contributed by atoms with Crippen LogP contribution in [0.15, 0.2) is 81.1 Å². The number of hydrazone groups is 1. The quantitative estimate of drug-likeness (QED) is 0.521. The second-order valence-corrected chi connectivity index (χ2v) is 7.58. The second-order valence-electron chi connectivity index (χ2n) is 5.59. The Morgan fingerprint density at radius 3 is 2.59 bits per heavy atom. The zero-order chi connectivity index (χ0) is 19.3. The highest BCUT2D eigenvalue weighted by Crippen LogP contribution is 2.18. The van der Waals surface area contributed by atoms with Crippen LogP contribution in [0.3, 0.4) is 0 Å². The topological polar surface area (TPSA) is 88.7 Å². The van der Waals surface area contributed by atoms with Gasteiger partial charge in [0.2, 0.25) is 0 Å². The number of nitrogens with zero attached hydrogens (tertiary/aromatic N) is 1. The van der Waals surface area contributed by atoms with E-state index in [1.54, 1.807) is 24.3 Å². The van der Waals surface area contributed by atoms with Gasteiger partial charge in [0.25, 0.3) is 0 Å². The SMILES string of the molecule is O=C(N/N=C\c1cccc(F)c1)c1ccc(CS(=O)(=O)c2ccccc2)o1. The molecule has 0 saturated carbocycles. The van der Waals surface area contributed by atoms with Crippen LogP contribution in [0.1, 0.15) is 21.9 Å². The number of rotatable bonds is 6. The van der Waals surface area contributed by atoms with E-state index in [0.717, 1.165) is 0 Å². The molecule has 1 N–H and O–H groups in total. The smallest absolute Gasteiger partial charge is 0.307 e. The summed E-state index contributed by atoms with van der Waals surface area (Å²) in [5, 5.41) is 3.72. The van der Waals surface area contributed by atoms with Crippen LogP contribution in [0.5, 0.6) is 0 Å². The maximum atomic E-state index is 13.1. The van der Waals surface area contributed by atoms with E-state index >= 15 is 0 Å².